The second-order valence-electron chi connectivity index (χ2n) is 4.61. The maximum absolute atomic E-state index is 6.09. The second kappa shape index (κ2) is 8.18. The Kier molecular flexibility index (Phi) is 6.55. The van der Waals surface area contributed by atoms with Crippen LogP contribution >= 0.6 is 43.5 Å². The summed E-state index contributed by atoms with van der Waals surface area (Å²) >= 11 is 13.0. The van der Waals surface area contributed by atoms with Gasteiger partial charge < -0.3 is 10.1 Å². The van der Waals surface area contributed by atoms with Crippen molar-refractivity contribution in [3.63, 3.8) is 0 Å². The molecule has 2 rings (SSSR count). The quantitative estimate of drug-likeness (QED) is 0.551. The van der Waals surface area contributed by atoms with Gasteiger partial charge in [-0.05, 0) is 65.3 Å². The smallest absolute Gasteiger partial charge is 0.141 e. The van der Waals surface area contributed by atoms with E-state index in [0.717, 1.165) is 45.5 Å². The molecule has 0 aliphatic rings. The lowest BCUT2D eigenvalue weighted by molar-refractivity contribution is 0.469. The van der Waals surface area contributed by atoms with E-state index in [1.54, 1.807) is 0 Å². The number of hydrogen-bond donors (Lipinski definition) is 1. The molecule has 2 aromatic carbocycles. The molecule has 0 heterocycles. The number of hydrogen-bond acceptors (Lipinski definition) is 2. The van der Waals surface area contributed by atoms with Crippen LogP contribution in [0.1, 0.15) is 18.9 Å². The Bertz CT molecular complexity index is 619. The summed E-state index contributed by atoms with van der Waals surface area (Å²) in [6.07, 6.45) is 1.09. The molecule has 0 aliphatic heterocycles. The van der Waals surface area contributed by atoms with Crippen LogP contribution in [0.2, 0.25) is 5.02 Å². The highest BCUT2D eigenvalue weighted by Gasteiger charge is 2.08. The molecule has 21 heavy (non-hydrogen) atoms. The van der Waals surface area contributed by atoms with Crippen LogP contribution in [0.15, 0.2) is 45.3 Å². The Balaban J connectivity index is 2.22. The van der Waals surface area contributed by atoms with Gasteiger partial charge in [0.25, 0.3) is 0 Å². The molecule has 0 saturated carbocycles. The molecule has 0 radical (unpaired) electrons. The first-order chi connectivity index (χ1) is 10.1. The van der Waals surface area contributed by atoms with Crippen molar-refractivity contribution >= 4 is 43.5 Å². The summed E-state index contributed by atoms with van der Waals surface area (Å²) in [4.78, 5) is 0. The predicted molar refractivity (Wildman–Crippen MR) is 95.4 cm³/mol. The van der Waals surface area contributed by atoms with Crippen LogP contribution < -0.4 is 10.1 Å². The van der Waals surface area contributed by atoms with Crippen LogP contribution in [-0.4, -0.2) is 6.54 Å². The molecule has 2 aromatic rings. The van der Waals surface area contributed by atoms with Crippen LogP contribution in [0.25, 0.3) is 0 Å². The van der Waals surface area contributed by atoms with E-state index in [2.05, 4.69) is 44.1 Å². The molecule has 0 fully saturated rings. The van der Waals surface area contributed by atoms with Gasteiger partial charge in [-0.25, -0.2) is 0 Å². The van der Waals surface area contributed by atoms with Crippen molar-refractivity contribution in [2.45, 2.75) is 19.9 Å². The molecule has 5 heteroatoms. The van der Waals surface area contributed by atoms with E-state index in [4.69, 9.17) is 16.3 Å². The molecular formula is C16H16Br2ClNO. The van der Waals surface area contributed by atoms with Crippen molar-refractivity contribution in [1.29, 1.82) is 0 Å². The molecule has 0 aliphatic carbocycles. The molecule has 0 amide bonds. The summed E-state index contributed by atoms with van der Waals surface area (Å²) in [6.45, 7) is 3.84. The SMILES string of the molecule is CCCNCc1cc(Cl)ccc1Oc1ccc(Br)cc1Br. The molecule has 0 unspecified atom stereocenters. The second-order valence-corrected chi connectivity index (χ2v) is 6.81. The normalized spacial score (nSPS) is 10.7. The van der Waals surface area contributed by atoms with E-state index in [1.807, 2.05) is 36.4 Å². The van der Waals surface area contributed by atoms with Crippen LogP contribution in [0, 0.1) is 0 Å². The van der Waals surface area contributed by atoms with Gasteiger partial charge in [-0.1, -0.05) is 34.5 Å². The highest BCUT2D eigenvalue weighted by Crippen LogP contribution is 2.34. The monoisotopic (exact) mass is 431 g/mol. The largest absolute Gasteiger partial charge is 0.456 e. The maximum Gasteiger partial charge on any atom is 0.141 e. The van der Waals surface area contributed by atoms with E-state index >= 15 is 0 Å². The van der Waals surface area contributed by atoms with Gasteiger partial charge in [0, 0.05) is 21.6 Å². The lowest BCUT2D eigenvalue weighted by Crippen LogP contribution is -2.14. The lowest BCUT2D eigenvalue weighted by atomic mass is 10.2. The van der Waals surface area contributed by atoms with E-state index in [-0.39, 0.29) is 0 Å². The zero-order chi connectivity index (χ0) is 15.2. The zero-order valence-electron chi connectivity index (χ0n) is 11.6. The van der Waals surface area contributed by atoms with Gasteiger partial charge in [-0.15, -0.1) is 0 Å². The minimum Gasteiger partial charge on any atom is -0.456 e. The van der Waals surface area contributed by atoms with Gasteiger partial charge in [0.1, 0.15) is 11.5 Å². The lowest BCUT2D eigenvalue weighted by Gasteiger charge is -2.13. The van der Waals surface area contributed by atoms with Crippen LogP contribution in [0.3, 0.4) is 0 Å². The summed E-state index contributed by atoms with van der Waals surface area (Å²) in [6, 6.07) is 11.5. The fourth-order valence-electron chi connectivity index (χ4n) is 1.86. The van der Waals surface area contributed by atoms with Crippen molar-refractivity contribution < 1.29 is 4.74 Å². The van der Waals surface area contributed by atoms with Gasteiger partial charge in [-0.3, -0.25) is 0 Å². The molecule has 1 N–H and O–H groups in total. The molecule has 2 nitrogen and oxygen atoms in total. The first-order valence-electron chi connectivity index (χ1n) is 6.72. The Morgan fingerprint density at radius 2 is 1.86 bits per heavy atom. The van der Waals surface area contributed by atoms with Gasteiger partial charge in [0.15, 0.2) is 0 Å². The summed E-state index contributed by atoms with van der Waals surface area (Å²) in [5.41, 5.74) is 1.05. The first-order valence-corrected chi connectivity index (χ1v) is 8.68. The molecule has 0 aromatic heterocycles. The van der Waals surface area contributed by atoms with Crippen molar-refractivity contribution in [2.75, 3.05) is 6.54 Å². The molecule has 0 atom stereocenters. The Morgan fingerprint density at radius 3 is 2.57 bits per heavy atom. The molecule has 0 bridgehead atoms. The minimum absolute atomic E-state index is 0.713. The highest BCUT2D eigenvalue weighted by atomic mass is 79.9. The van der Waals surface area contributed by atoms with Crippen LogP contribution in [0.5, 0.6) is 11.5 Å². The number of benzene rings is 2. The standard InChI is InChI=1S/C16H16Br2ClNO/c1-2-7-20-10-11-8-13(19)4-6-15(11)21-16-5-3-12(17)9-14(16)18/h3-6,8-9,20H,2,7,10H2,1H3. The van der Waals surface area contributed by atoms with Crippen molar-refractivity contribution in [2.24, 2.45) is 0 Å². The molecule has 112 valence electrons. The first kappa shape index (κ1) is 16.8. The number of ether oxygens (including phenoxy) is 1. The molecule has 0 spiro atoms. The molecule has 0 saturated heterocycles. The van der Waals surface area contributed by atoms with E-state index in [0.29, 0.717) is 5.02 Å². The van der Waals surface area contributed by atoms with Crippen LogP contribution in [0.4, 0.5) is 0 Å². The third-order valence-electron chi connectivity index (χ3n) is 2.88. The number of nitrogens with one attached hydrogen (secondary N) is 1. The predicted octanol–water partition coefficient (Wildman–Crippen LogP) is 6.16. The molecular weight excluding hydrogens is 417 g/mol. The summed E-state index contributed by atoms with van der Waals surface area (Å²) in [5, 5.41) is 4.08. The fraction of sp³-hybridized carbons (Fsp3) is 0.250. The Labute approximate surface area is 147 Å². The van der Waals surface area contributed by atoms with Crippen molar-refractivity contribution in [3.8, 4) is 11.5 Å². The zero-order valence-corrected chi connectivity index (χ0v) is 15.6. The summed E-state index contributed by atoms with van der Waals surface area (Å²) in [5.74, 6) is 1.59. The summed E-state index contributed by atoms with van der Waals surface area (Å²) in [7, 11) is 0. The van der Waals surface area contributed by atoms with Gasteiger partial charge in [0.2, 0.25) is 0 Å². The van der Waals surface area contributed by atoms with Gasteiger partial charge >= 0.3 is 0 Å². The third-order valence-corrected chi connectivity index (χ3v) is 4.23. The van der Waals surface area contributed by atoms with Crippen molar-refractivity contribution in [1.82, 2.24) is 5.32 Å². The fourth-order valence-corrected chi connectivity index (χ4v) is 3.18. The average Bonchev–Trinajstić information content (AvgIpc) is 2.44. The van der Waals surface area contributed by atoms with E-state index in [9.17, 15) is 0 Å². The number of rotatable bonds is 6. The Morgan fingerprint density at radius 1 is 1.10 bits per heavy atom. The van der Waals surface area contributed by atoms with E-state index < -0.39 is 0 Å². The van der Waals surface area contributed by atoms with Crippen LogP contribution in [-0.2, 0) is 6.54 Å². The van der Waals surface area contributed by atoms with E-state index in [1.165, 1.54) is 0 Å². The highest BCUT2D eigenvalue weighted by molar-refractivity contribution is 9.11. The topological polar surface area (TPSA) is 21.3 Å². The Hall–Kier alpha value is -0.550. The number of halogens is 3. The van der Waals surface area contributed by atoms with Gasteiger partial charge in [-0.2, -0.15) is 0 Å². The van der Waals surface area contributed by atoms with Gasteiger partial charge in [0.05, 0.1) is 4.47 Å². The minimum atomic E-state index is 0.713. The summed E-state index contributed by atoms with van der Waals surface area (Å²) < 4.78 is 7.92. The average molecular weight is 434 g/mol. The van der Waals surface area contributed by atoms with Crippen molar-refractivity contribution in [3.05, 3.63) is 55.9 Å². The maximum atomic E-state index is 6.09. The third kappa shape index (κ3) is 4.99.